The molecule has 2 heterocycles. The number of hydrogen-bond acceptors (Lipinski definition) is 5. The number of nitrogens with zero attached hydrogens (tertiary/aromatic N) is 2. The molecule has 0 radical (unpaired) electrons. The highest BCUT2D eigenvalue weighted by atomic mass is 32.1. The van der Waals surface area contributed by atoms with Crippen molar-refractivity contribution < 1.29 is 9.90 Å². The molecule has 100 valence electrons. The van der Waals surface area contributed by atoms with Crippen LogP contribution < -0.4 is 5.73 Å². The predicted octanol–water partition coefficient (Wildman–Crippen LogP) is 1.15. The van der Waals surface area contributed by atoms with Crippen LogP contribution in [-0.4, -0.2) is 40.1 Å². The van der Waals surface area contributed by atoms with Crippen molar-refractivity contribution >= 4 is 17.2 Å². The predicted molar refractivity (Wildman–Crippen MR) is 70.5 cm³/mol. The molecule has 2 unspecified atom stereocenters. The van der Waals surface area contributed by atoms with E-state index in [1.807, 2.05) is 6.92 Å². The molecule has 0 spiro atoms. The van der Waals surface area contributed by atoms with Gasteiger partial charge in [-0.3, -0.25) is 4.79 Å². The molecule has 0 aliphatic carbocycles. The van der Waals surface area contributed by atoms with Gasteiger partial charge in [-0.25, -0.2) is 4.98 Å². The lowest BCUT2D eigenvalue weighted by Crippen LogP contribution is -2.45. The van der Waals surface area contributed by atoms with E-state index in [1.165, 1.54) is 11.3 Å². The smallest absolute Gasteiger partial charge is 0.273 e. The van der Waals surface area contributed by atoms with Crippen LogP contribution in [0.1, 0.15) is 47.7 Å². The van der Waals surface area contributed by atoms with Crippen molar-refractivity contribution in [1.82, 2.24) is 9.88 Å². The highest BCUT2D eigenvalue weighted by Gasteiger charge is 2.28. The average molecular weight is 269 g/mol. The van der Waals surface area contributed by atoms with E-state index in [2.05, 4.69) is 4.98 Å². The van der Waals surface area contributed by atoms with Gasteiger partial charge in [0, 0.05) is 11.9 Å². The third kappa shape index (κ3) is 2.71. The maximum absolute atomic E-state index is 12.3. The molecule has 1 aromatic heterocycles. The Morgan fingerprint density at radius 3 is 3.11 bits per heavy atom. The summed E-state index contributed by atoms with van der Waals surface area (Å²) in [6.45, 7) is 2.58. The van der Waals surface area contributed by atoms with Crippen molar-refractivity contribution in [2.75, 3.05) is 13.2 Å². The number of carbonyl (C=O) groups is 1. The Morgan fingerprint density at radius 2 is 2.50 bits per heavy atom. The molecule has 3 N–H and O–H groups in total. The van der Waals surface area contributed by atoms with E-state index in [4.69, 9.17) is 5.73 Å². The number of aromatic nitrogens is 1. The van der Waals surface area contributed by atoms with Gasteiger partial charge in [0.05, 0.1) is 18.7 Å². The lowest BCUT2D eigenvalue weighted by atomic mass is 10.0. The quantitative estimate of drug-likeness (QED) is 0.862. The first-order valence-corrected chi connectivity index (χ1v) is 7.14. The fourth-order valence-electron chi connectivity index (χ4n) is 2.20. The molecule has 18 heavy (non-hydrogen) atoms. The highest BCUT2D eigenvalue weighted by molar-refractivity contribution is 7.09. The Hall–Kier alpha value is -0.980. The number of aliphatic hydroxyl groups is 1. The molecule has 1 amide bonds. The van der Waals surface area contributed by atoms with Gasteiger partial charge in [-0.15, -0.1) is 11.3 Å². The van der Waals surface area contributed by atoms with Gasteiger partial charge in [-0.05, 0) is 26.2 Å². The normalized spacial score (nSPS) is 21.9. The minimum Gasteiger partial charge on any atom is -0.394 e. The first-order valence-electron chi connectivity index (χ1n) is 6.26. The van der Waals surface area contributed by atoms with E-state index in [0.717, 1.165) is 24.3 Å². The molecule has 0 bridgehead atoms. The molecule has 6 heteroatoms. The number of rotatable bonds is 3. The lowest BCUT2D eigenvalue weighted by Gasteiger charge is -2.34. The first-order chi connectivity index (χ1) is 8.63. The Morgan fingerprint density at radius 1 is 1.72 bits per heavy atom. The van der Waals surface area contributed by atoms with Crippen LogP contribution in [-0.2, 0) is 0 Å². The van der Waals surface area contributed by atoms with Crippen LogP contribution in [0.4, 0.5) is 0 Å². The minimum atomic E-state index is -0.147. The summed E-state index contributed by atoms with van der Waals surface area (Å²) >= 11 is 1.41. The second-order valence-corrected chi connectivity index (χ2v) is 5.58. The highest BCUT2D eigenvalue weighted by Crippen LogP contribution is 2.22. The summed E-state index contributed by atoms with van der Waals surface area (Å²) in [5.74, 6) is -0.0862. The third-order valence-corrected chi connectivity index (χ3v) is 4.28. The van der Waals surface area contributed by atoms with Crippen LogP contribution >= 0.6 is 11.3 Å². The molecule has 1 aliphatic heterocycles. The summed E-state index contributed by atoms with van der Waals surface area (Å²) in [6.07, 6.45) is 2.93. The van der Waals surface area contributed by atoms with E-state index in [9.17, 15) is 9.90 Å². The van der Waals surface area contributed by atoms with E-state index in [1.54, 1.807) is 10.3 Å². The monoisotopic (exact) mass is 269 g/mol. The Bertz CT molecular complexity index is 419. The van der Waals surface area contributed by atoms with Crippen LogP contribution in [0.5, 0.6) is 0 Å². The summed E-state index contributed by atoms with van der Waals surface area (Å²) in [6, 6.07) is -0.210. The zero-order valence-electron chi connectivity index (χ0n) is 10.5. The summed E-state index contributed by atoms with van der Waals surface area (Å²) in [5.41, 5.74) is 6.19. The minimum absolute atomic E-state index is 0.0238. The lowest BCUT2D eigenvalue weighted by molar-refractivity contribution is 0.0498. The number of carbonyl (C=O) groups excluding carboxylic acids is 1. The topological polar surface area (TPSA) is 79.5 Å². The summed E-state index contributed by atoms with van der Waals surface area (Å²) in [4.78, 5) is 18.3. The molecule has 5 nitrogen and oxygen atoms in total. The van der Waals surface area contributed by atoms with Crippen LogP contribution in [0.25, 0.3) is 0 Å². The van der Waals surface area contributed by atoms with Gasteiger partial charge in [0.1, 0.15) is 10.7 Å². The molecule has 2 atom stereocenters. The number of hydrogen-bond donors (Lipinski definition) is 2. The van der Waals surface area contributed by atoms with E-state index in [0.29, 0.717) is 12.2 Å². The van der Waals surface area contributed by atoms with Crippen molar-refractivity contribution in [1.29, 1.82) is 0 Å². The van der Waals surface area contributed by atoms with Gasteiger partial charge in [-0.2, -0.15) is 0 Å². The molecule has 1 fully saturated rings. The Kier molecular flexibility index (Phi) is 4.31. The fraction of sp³-hybridized carbons (Fsp3) is 0.667. The average Bonchev–Trinajstić information content (AvgIpc) is 2.87. The van der Waals surface area contributed by atoms with Crippen molar-refractivity contribution in [2.24, 2.45) is 5.73 Å². The number of nitrogens with two attached hydrogens (primary N) is 1. The maximum atomic E-state index is 12.3. The molecule has 0 aromatic carbocycles. The van der Waals surface area contributed by atoms with Gasteiger partial charge < -0.3 is 15.7 Å². The largest absolute Gasteiger partial charge is 0.394 e. The standard InChI is InChI=1S/C12H19N3O2S/c1-8(13)11-14-10(7-18-11)12(17)15-5-3-2-4-9(15)6-16/h7-9,16H,2-6,13H2,1H3. The number of aliphatic hydroxyl groups excluding tert-OH is 1. The van der Waals surface area contributed by atoms with Crippen LogP contribution in [0, 0.1) is 0 Å². The molecule has 1 aromatic rings. The molecular formula is C12H19N3O2S. The summed E-state index contributed by atoms with van der Waals surface area (Å²) in [5, 5.41) is 11.8. The van der Waals surface area contributed by atoms with Crippen molar-refractivity contribution in [3.63, 3.8) is 0 Å². The number of thiazole rings is 1. The van der Waals surface area contributed by atoms with E-state index < -0.39 is 0 Å². The van der Waals surface area contributed by atoms with Gasteiger partial charge in [0.15, 0.2) is 0 Å². The van der Waals surface area contributed by atoms with E-state index in [-0.39, 0.29) is 24.6 Å². The Labute approximate surface area is 111 Å². The van der Waals surface area contributed by atoms with Crippen molar-refractivity contribution in [3.8, 4) is 0 Å². The second kappa shape index (κ2) is 5.77. The van der Waals surface area contributed by atoms with Crippen molar-refractivity contribution in [3.05, 3.63) is 16.1 Å². The molecule has 1 aliphatic rings. The molecular weight excluding hydrogens is 250 g/mol. The first kappa shape index (κ1) is 13.5. The SMILES string of the molecule is CC(N)c1nc(C(=O)N2CCCCC2CO)cs1. The van der Waals surface area contributed by atoms with Gasteiger partial charge in [0.25, 0.3) is 5.91 Å². The third-order valence-electron chi connectivity index (χ3n) is 3.23. The zero-order chi connectivity index (χ0) is 13.1. The van der Waals surface area contributed by atoms with Crippen LogP contribution in [0.2, 0.25) is 0 Å². The number of amides is 1. The van der Waals surface area contributed by atoms with Gasteiger partial charge in [0.2, 0.25) is 0 Å². The summed E-state index contributed by atoms with van der Waals surface area (Å²) < 4.78 is 0. The van der Waals surface area contributed by atoms with Crippen molar-refractivity contribution in [2.45, 2.75) is 38.3 Å². The van der Waals surface area contributed by atoms with E-state index >= 15 is 0 Å². The van der Waals surface area contributed by atoms with Crippen LogP contribution in [0.3, 0.4) is 0 Å². The fourth-order valence-corrected chi connectivity index (χ4v) is 2.95. The van der Waals surface area contributed by atoms with Gasteiger partial charge in [-0.1, -0.05) is 0 Å². The maximum Gasteiger partial charge on any atom is 0.273 e. The molecule has 2 rings (SSSR count). The second-order valence-electron chi connectivity index (χ2n) is 4.69. The Balaban J connectivity index is 2.13. The summed E-state index contributed by atoms with van der Waals surface area (Å²) in [7, 11) is 0. The molecule has 0 saturated carbocycles. The van der Waals surface area contributed by atoms with Crippen LogP contribution in [0.15, 0.2) is 5.38 Å². The van der Waals surface area contributed by atoms with Gasteiger partial charge >= 0.3 is 0 Å². The molecule has 1 saturated heterocycles. The number of piperidine rings is 1. The zero-order valence-corrected chi connectivity index (χ0v) is 11.3. The number of likely N-dealkylation sites (tertiary alicyclic amines) is 1.